The fourth-order valence-corrected chi connectivity index (χ4v) is 8.61. The molecule has 6 heteroatoms. The van der Waals surface area contributed by atoms with Crippen LogP contribution >= 0.6 is 0 Å². The number of carbonyl (C=O) groups is 3. The smallest absolute Gasteiger partial charge is 0.306 e. The van der Waals surface area contributed by atoms with E-state index in [9.17, 15) is 14.4 Å². The Hall–Kier alpha value is -1.59. The molecular weight excluding hydrogens is 781 g/mol. The van der Waals surface area contributed by atoms with Gasteiger partial charge in [0.2, 0.25) is 0 Å². The molecular formula is C57H110O6. The number of hydrogen-bond acceptors (Lipinski definition) is 6. The highest BCUT2D eigenvalue weighted by Gasteiger charge is 2.19. The van der Waals surface area contributed by atoms with E-state index in [0.29, 0.717) is 19.3 Å². The Labute approximate surface area is 393 Å². The van der Waals surface area contributed by atoms with Gasteiger partial charge in [-0.3, -0.25) is 14.4 Å². The molecule has 0 N–H and O–H groups in total. The minimum Gasteiger partial charge on any atom is -0.462 e. The molecule has 0 aliphatic rings. The number of unbranched alkanes of at least 4 members (excludes halogenated alkanes) is 32. The van der Waals surface area contributed by atoms with E-state index in [1.54, 1.807) is 0 Å². The lowest BCUT2D eigenvalue weighted by atomic mass is 9.99. The van der Waals surface area contributed by atoms with E-state index in [0.717, 1.165) is 75.5 Å². The van der Waals surface area contributed by atoms with Crippen LogP contribution in [0, 0.1) is 17.8 Å². The molecule has 0 heterocycles. The maximum Gasteiger partial charge on any atom is 0.306 e. The van der Waals surface area contributed by atoms with Gasteiger partial charge in [-0.25, -0.2) is 0 Å². The molecule has 63 heavy (non-hydrogen) atoms. The quantitative estimate of drug-likeness (QED) is 0.0344. The van der Waals surface area contributed by atoms with Gasteiger partial charge < -0.3 is 14.2 Å². The zero-order valence-corrected chi connectivity index (χ0v) is 43.4. The first-order chi connectivity index (χ1) is 30.6. The zero-order chi connectivity index (χ0) is 46.3. The highest BCUT2D eigenvalue weighted by Crippen LogP contribution is 2.18. The maximum absolute atomic E-state index is 12.8. The third-order valence-corrected chi connectivity index (χ3v) is 13.3. The largest absolute Gasteiger partial charge is 0.462 e. The van der Waals surface area contributed by atoms with Crippen LogP contribution in [0.5, 0.6) is 0 Å². The standard InChI is InChI=1S/C57H110O6/c1-7-53(6)45-39-33-27-21-17-18-23-29-35-41-47-56(59)62-50-54(63-57(60)48-42-36-30-24-16-12-14-20-26-32-38-44-52(4)5)49-61-55(58)46-40-34-28-22-15-11-9-8-10-13-19-25-31-37-43-51(2)3/h51-54H,7-50H2,1-6H3/t53?,54-/m0/s1. The van der Waals surface area contributed by atoms with Crippen molar-refractivity contribution >= 4 is 17.9 Å². The Morgan fingerprint density at radius 1 is 0.317 bits per heavy atom. The molecule has 0 aromatic rings. The van der Waals surface area contributed by atoms with Crippen molar-refractivity contribution in [3.63, 3.8) is 0 Å². The molecule has 0 bridgehead atoms. The number of esters is 3. The normalized spacial score (nSPS) is 12.6. The molecule has 374 valence electrons. The molecule has 0 aromatic carbocycles. The van der Waals surface area contributed by atoms with Gasteiger partial charge in [0, 0.05) is 19.3 Å². The van der Waals surface area contributed by atoms with Gasteiger partial charge in [-0.05, 0) is 37.0 Å². The lowest BCUT2D eigenvalue weighted by molar-refractivity contribution is -0.167. The van der Waals surface area contributed by atoms with Gasteiger partial charge in [-0.2, -0.15) is 0 Å². The monoisotopic (exact) mass is 891 g/mol. The third kappa shape index (κ3) is 49.7. The summed E-state index contributed by atoms with van der Waals surface area (Å²) in [4.78, 5) is 38.1. The van der Waals surface area contributed by atoms with Crippen molar-refractivity contribution in [1.82, 2.24) is 0 Å². The average molecular weight is 892 g/mol. The van der Waals surface area contributed by atoms with Crippen molar-refractivity contribution in [3.8, 4) is 0 Å². The third-order valence-electron chi connectivity index (χ3n) is 13.3. The average Bonchev–Trinajstić information content (AvgIpc) is 3.25. The lowest BCUT2D eigenvalue weighted by Gasteiger charge is -2.18. The second kappa shape index (κ2) is 48.3. The molecule has 0 aromatic heterocycles. The van der Waals surface area contributed by atoms with Crippen LogP contribution in [-0.4, -0.2) is 37.2 Å². The van der Waals surface area contributed by atoms with E-state index in [-0.39, 0.29) is 31.1 Å². The predicted molar refractivity (Wildman–Crippen MR) is 270 cm³/mol. The fourth-order valence-electron chi connectivity index (χ4n) is 8.61. The topological polar surface area (TPSA) is 78.9 Å². The number of hydrogen-bond donors (Lipinski definition) is 0. The Balaban J connectivity index is 4.31. The Morgan fingerprint density at radius 3 is 0.825 bits per heavy atom. The van der Waals surface area contributed by atoms with Crippen LogP contribution in [0.25, 0.3) is 0 Å². The van der Waals surface area contributed by atoms with Crippen molar-refractivity contribution < 1.29 is 28.6 Å². The number of rotatable bonds is 50. The second-order valence-electron chi connectivity index (χ2n) is 20.8. The Kier molecular flexibility index (Phi) is 47.1. The minimum atomic E-state index is -0.763. The van der Waals surface area contributed by atoms with Crippen LogP contribution in [0.1, 0.15) is 311 Å². The van der Waals surface area contributed by atoms with Gasteiger partial charge in [0.05, 0.1) is 0 Å². The fraction of sp³-hybridized carbons (Fsp3) is 0.947. The number of ether oxygens (including phenoxy) is 3. The van der Waals surface area contributed by atoms with Gasteiger partial charge in [0.25, 0.3) is 0 Å². The van der Waals surface area contributed by atoms with Crippen LogP contribution in [0.15, 0.2) is 0 Å². The van der Waals surface area contributed by atoms with Crippen molar-refractivity contribution in [2.75, 3.05) is 13.2 Å². The van der Waals surface area contributed by atoms with Gasteiger partial charge in [-0.15, -0.1) is 0 Å². The van der Waals surface area contributed by atoms with Crippen molar-refractivity contribution in [1.29, 1.82) is 0 Å². The molecule has 6 nitrogen and oxygen atoms in total. The van der Waals surface area contributed by atoms with E-state index >= 15 is 0 Å². The van der Waals surface area contributed by atoms with Crippen LogP contribution < -0.4 is 0 Å². The van der Waals surface area contributed by atoms with E-state index in [1.165, 1.54) is 193 Å². The molecule has 0 fully saturated rings. The summed E-state index contributed by atoms with van der Waals surface area (Å²) in [6.45, 7) is 13.8. The molecule has 0 radical (unpaired) electrons. The van der Waals surface area contributed by atoms with Crippen LogP contribution in [0.2, 0.25) is 0 Å². The molecule has 0 aliphatic heterocycles. The van der Waals surface area contributed by atoms with E-state index in [4.69, 9.17) is 14.2 Å². The molecule has 0 saturated carbocycles. The minimum absolute atomic E-state index is 0.0639. The highest BCUT2D eigenvalue weighted by atomic mass is 16.6. The van der Waals surface area contributed by atoms with Crippen molar-refractivity contribution in [2.24, 2.45) is 17.8 Å². The maximum atomic E-state index is 12.8. The summed E-state index contributed by atoms with van der Waals surface area (Å²) in [7, 11) is 0. The van der Waals surface area contributed by atoms with E-state index in [2.05, 4.69) is 41.5 Å². The summed E-state index contributed by atoms with van der Waals surface area (Å²) in [5.74, 6) is 1.69. The molecule has 0 spiro atoms. The Morgan fingerprint density at radius 2 is 0.556 bits per heavy atom. The van der Waals surface area contributed by atoms with Crippen molar-refractivity contribution in [3.05, 3.63) is 0 Å². The molecule has 0 aliphatic carbocycles. The summed E-state index contributed by atoms with van der Waals surface area (Å²) in [6, 6.07) is 0. The van der Waals surface area contributed by atoms with E-state index in [1.807, 2.05) is 0 Å². The summed E-state index contributed by atoms with van der Waals surface area (Å²) < 4.78 is 16.9. The molecule has 0 saturated heterocycles. The summed E-state index contributed by atoms with van der Waals surface area (Å²) in [5.41, 5.74) is 0. The Bertz CT molecular complexity index is 978. The molecule has 0 amide bonds. The van der Waals surface area contributed by atoms with Gasteiger partial charge >= 0.3 is 17.9 Å². The first-order valence-corrected chi connectivity index (χ1v) is 28.1. The first kappa shape index (κ1) is 61.4. The summed E-state index contributed by atoms with van der Waals surface area (Å²) in [6.07, 6.45) is 49.4. The number of carbonyl (C=O) groups excluding carboxylic acids is 3. The lowest BCUT2D eigenvalue weighted by Crippen LogP contribution is -2.30. The second-order valence-corrected chi connectivity index (χ2v) is 20.8. The predicted octanol–water partition coefficient (Wildman–Crippen LogP) is 18.3. The van der Waals surface area contributed by atoms with Crippen LogP contribution in [0.4, 0.5) is 0 Å². The summed E-state index contributed by atoms with van der Waals surface area (Å²) in [5, 5.41) is 0. The van der Waals surface area contributed by atoms with Crippen LogP contribution in [0.3, 0.4) is 0 Å². The van der Waals surface area contributed by atoms with Gasteiger partial charge in [0.15, 0.2) is 6.10 Å². The highest BCUT2D eigenvalue weighted by molar-refractivity contribution is 5.71. The molecule has 1 unspecified atom stereocenters. The first-order valence-electron chi connectivity index (χ1n) is 28.1. The SMILES string of the molecule is CCC(C)CCCCCCCCCCCCC(=O)OC[C@H](COC(=O)CCCCCCCCCCCCCCCCC(C)C)OC(=O)CCCCCCCCCCCCCC(C)C. The van der Waals surface area contributed by atoms with E-state index < -0.39 is 6.10 Å². The molecule has 0 rings (SSSR count). The van der Waals surface area contributed by atoms with Gasteiger partial charge in [0.1, 0.15) is 13.2 Å². The molecule has 2 atom stereocenters. The summed E-state index contributed by atoms with van der Waals surface area (Å²) >= 11 is 0. The van der Waals surface area contributed by atoms with Crippen LogP contribution in [-0.2, 0) is 28.6 Å². The zero-order valence-electron chi connectivity index (χ0n) is 43.4. The van der Waals surface area contributed by atoms with Gasteiger partial charge in [-0.1, -0.05) is 273 Å². The van der Waals surface area contributed by atoms with Crippen molar-refractivity contribution in [2.45, 2.75) is 317 Å².